The van der Waals surface area contributed by atoms with Crippen molar-refractivity contribution in [2.24, 2.45) is 7.05 Å². The van der Waals surface area contributed by atoms with Crippen LogP contribution in [0.5, 0.6) is 0 Å². The molecule has 0 unspecified atom stereocenters. The van der Waals surface area contributed by atoms with Crippen molar-refractivity contribution in [3.8, 4) is 0 Å². The number of anilines is 1. The van der Waals surface area contributed by atoms with Crippen molar-refractivity contribution in [1.29, 1.82) is 0 Å². The van der Waals surface area contributed by atoms with Gasteiger partial charge in [-0.1, -0.05) is 6.07 Å². The number of piperidine rings is 1. The van der Waals surface area contributed by atoms with Crippen LogP contribution < -0.4 is 10.5 Å². The van der Waals surface area contributed by atoms with Crippen molar-refractivity contribution in [1.82, 2.24) is 29.3 Å². The van der Waals surface area contributed by atoms with Gasteiger partial charge in [0.1, 0.15) is 5.82 Å². The van der Waals surface area contributed by atoms with Gasteiger partial charge in [-0.05, 0) is 44.1 Å². The van der Waals surface area contributed by atoms with E-state index in [1.54, 1.807) is 10.6 Å². The molecule has 0 aromatic carbocycles. The standard InChI is InChI=1S/C19H25N7O/c1-23(2)17-8-7-16-20-21-19(26(16)22-17)14-9-11-25(12-10-14)13-15-5-4-6-18(27)24(15)3/h4-8,14H,9-13H2,1-3H3. The van der Waals surface area contributed by atoms with E-state index in [4.69, 9.17) is 0 Å². The highest BCUT2D eigenvalue weighted by Crippen LogP contribution is 2.27. The Kier molecular flexibility index (Phi) is 4.65. The fourth-order valence-electron chi connectivity index (χ4n) is 3.63. The summed E-state index contributed by atoms with van der Waals surface area (Å²) in [6.45, 7) is 2.73. The molecule has 4 rings (SSSR count). The highest BCUT2D eigenvalue weighted by atomic mass is 16.1. The Hall–Kier alpha value is -2.74. The van der Waals surface area contributed by atoms with Crippen LogP contribution in [0.1, 0.15) is 30.3 Å². The summed E-state index contributed by atoms with van der Waals surface area (Å²) in [6, 6.07) is 9.37. The van der Waals surface area contributed by atoms with Crippen LogP contribution in [0.15, 0.2) is 35.1 Å². The molecule has 3 aromatic rings. The van der Waals surface area contributed by atoms with Crippen LogP contribution in [0, 0.1) is 0 Å². The maximum Gasteiger partial charge on any atom is 0.250 e. The van der Waals surface area contributed by atoms with Gasteiger partial charge < -0.3 is 9.47 Å². The fourth-order valence-corrected chi connectivity index (χ4v) is 3.63. The summed E-state index contributed by atoms with van der Waals surface area (Å²) in [5.41, 5.74) is 1.88. The number of hydrogen-bond acceptors (Lipinski definition) is 6. The molecule has 0 aliphatic carbocycles. The van der Waals surface area contributed by atoms with Gasteiger partial charge in [-0.3, -0.25) is 9.69 Å². The normalized spacial score (nSPS) is 16.1. The summed E-state index contributed by atoms with van der Waals surface area (Å²) in [6.07, 6.45) is 2.02. The van der Waals surface area contributed by atoms with Gasteiger partial charge in [0.25, 0.3) is 0 Å². The van der Waals surface area contributed by atoms with E-state index in [1.807, 2.05) is 54.8 Å². The maximum atomic E-state index is 11.8. The second kappa shape index (κ2) is 7.11. The lowest BCUT2D eigenvalue weighted by atomic mass is 9.96. The SMILES string of the molecule is CN(C)c1ccc2nnc(C3CCN(Cc4cccc(=O)n4C)CC3)n2n1. The molecular weight excluding hydrogens is 342 g/mol. The van der Waals surface area contributed by atoms with Gasteiger partial charge in [0.05, 0.1) is 0 Å². The minimum absolute atomic E-state index is 0.0417. The smallest absolute Gasteiger partial charge is 0.250 e. The lowest BCUT2D eigenvalue weighted by Gasteiger charge is -2.31. The molecule has 0 radical (unpaired) electrons. The lowest BCUT2D eigenvalue weighted by molar-refractivity contribution is 0.196. The van der Waals surface area contributed by atoms with Crippen molar-refractivity contribution in [3.05, 3.63) is 52.2 Å². The Bertz CT molecular complexity index is 999. The third-order valence-corrected chi connectivity index (χ3v) is 5.36. The second-order valence-electron chi connectivity index (χ2n) is 7.38. The second-order valence-corrected chi connectivity index (χ2v) is 7.38. The molecule has 0 N–H and O–H groups in total. The van der Waals surface area contributed by atoms with Crippen LogP contribution in [-0.4, -0.2) is 56.5 Å². The number of fused-ring (bicyclic) bond motifs is 1. The Morgan fingerprint density at radius 1 is 1.11 bits per heavy atom. The van der Waals surface area contributed by atoms with E-state index in [2.05, 4.69) is 20.2 Å². The Labute approximate surface area is 158 Å². The summed E-state index contributed by atoms with van der Waals surface area (Å²) in [5, 5.41) is 13.4. The molecule has 1 aliphatic rings. The first-order valence-electron chi connectivity index (χ1n) is 9.30. The molecule has 8 heteroatoms. The van der Waals surface area contributed by atoms with Gasteiger partial charge in [0.2, 0.25) is 5.56 Å². The van der Waals surface area contributed by atoms with Crippen molar-refractivity contribution in [3.63, 3.8) is 0 Å². The molecule has 1 saturated heterocycles. The molecule has 0 bridgehead atoms. The third kappa shape index (κ3) is 3.44. The van der Waals surface area contributed by atoms with Gasteiger partial charge >= 0.3 is 0 Å². The van der Waals surface area contributed by atoms with Crippen molar-refractivity contribution < 1.29 is 0 Å². The molecule has 142 valence electrons. The summed E-state index contributed by atoms with van der Waals surface area (Å²) < 4.78 is 3.61. The van der Waals surface area contributed by atoms with E-state index in [-0.39, 0.29) is 5.56 Å². The van der Waals surface area contributed by atoms with Gasteiger partial charge in [-0.2, -0.15) is 4.52 Å². The van der Waals surface area contributed by atoms with E-state index in [9.17, 15) is 4.79 Å². The van der Waals surface area contributed by atoms with E-state index in [0.29, 0.717) is 5.92 Å². The van der Waals surface area contributed by atoms with Crippen molar-refractivity contribution in [2.75, 3.05) is 32.1 Å². The van der Waals surface area contributed by atoms with Gasteiger partial charge in [0.15, 0.2) is 11.5 Å². The Morgan fingerprint density at radius 3 is 2.63 bits per heavy atom. The summed E-state index contributed by atoms with van der Waals surface area (Å²) >= 11 is 0. The van der Waals surface area contributed by atoms with Crippen molar-refractivity contribution >= 4 is 11.5 Å². The number of aromatic nitrogens is 5. The quantitative estimate of drug-likeness (QED) is 0.692. The molecule has 0 spiro atoms. The number of hydrogen-bond donors (Lipinski definition) is 0. The largest absolute Gasteiger partial charge is 0.361 e. The number of nitrogens with zero attached hydrogens (tertiary/aromatic N) is 7. The molecule has 27 heavy (non-hydrogen) atoms. The van der Waals surface area contributed by atoms with E-state index < -0.39 is 0 Å². The number of pyridine rings is 1. The molecule has 1 aliphatic heterocycles. The number of rotatable bonds is 4. The molecule has 0 atom stereocenters. The Morgan fingerprint density at radius 2 is 1.89 bits per heavy atom. The topological polar surface area (TPSA) is 71.6 Å². The van der Waals surface area contributed by atoms with Gasteiger partial charge in [-0.25, -0.2) is 0 Å². The van der Waals surface area contributed by atoms with Crippen molar-refractivity contribution in [2.45, 2.75) is 25.3 Å². The van der Waals surface area contributed by atoms with E-state index in [0.717, 1.165) is 55.5 Å². The zero-order valence-electron chi connectivity index (χ0n) is 16.0. The first-order valence-corrected chi connectivity index (χ1v) is 9.30. The fraction of sp³-hybridized carbons (Fsp3) is 0.474. The number of likely N-dealkylation sites (tertiary alicyclic amines) is 1. The molecule has 0 amide bonds. The molecule has 3 aromatic heterocycles. The highest BCUT2D eigenvalue weighted by molar-refractivity contribution is 5.45. The van der Waals surface area contributed by atoms with Crippen LogP contribution >= 0.6 is 0 Å². The minimum atomic E-state index is 0.0417. The lowest BCUT2D eigenvalue weighted by Crippen LogP contribution is -2.35. The monoisotopic (exact) mass is 367 g/mol. The predicted molar refractivity (Wildman–Crippen MR) is 104 cm³/mol. The molecule has 0 saturated carbocycles. The van der Waals surface area contributed by atoms with Crippen LogP contribution in [0.25, 0.3) is 5.65 Å². The average molecular weight is 367 g/mol. The average Bonchev–Trinajstić information content (AvgIpc) is 3.09. The molecular formula is C19H25N7O. The zero-order chi connectivity index (χ0) is 19.0. The van der Waals surface area contributed by atoms with Gasteiger partial charge in [0, 0.05) is 45.4 Å². The van der Waals surface area contributed by atoms with E-state index >= 15 is 0 Å². The summed E-state index contributed by atoms with van der Waals surface area (Å²) in [5.74, 6) is 2.19. The van der Waals surface area contributed by atoms with Gasteiger partial charge in [-0.15, -0.1) is 15.3 Å². The Balaban J connectivity index is 1.48. The first-order chi connectivity index (χ1) is 13.0. The van der Waals surface area contributed by atoms with Crippen LogP contribution in [0.3, 0.4) is 0 Å². The van der Waals surface area contributed by atoms with Crippen LogP contribution in [-0.2, 0) is 13.6 Å². The van der Waals surface area contributed by atoms with Crippen LogP contribution in [0.4, 0.5) is 5.82 Å². The minimum Gasteiger partial charge on any atom is -0.361 e. The zero-order valence-corrected chi connectivity index (χ0v) is 16.0. The molecule has 1 fully saturated rings. The third-order valence-electron chi connectivity index (χ3n) is 5.36. The van der Waals surface area contributed by atoms with Crippen LogP contribution in [0.2, 0.25) is 0 Å². The molecule has 4 heterocycles. The summed E-state index contributed by atoms with van der Waals surface area (Å²) in [7, 11) is 5.79. The molecule has 8 nitrogen and oxygen atoms in total. The van der Waals surface area contributed by atoms with E-state index in [1.165, 1.54) is 0 Å². The summed E-state index contributed by atoms with van der Waals surface area (Å²) in [4.78, 5) is 16.2. The first kappa shape index (κ1) is 17.7. The maximum absolute atomic E-state index is 11.8. The highest BCUT2D eigenvalue weighted by Gasteiger charge is 2.25. The predicted octanol–water partition coefficient (Wildman–Crippen LogP) is 1.27.